The smallest absolute Gasteiger partial charge is 0.340 e. The van der Waals surface area contributed by atoms with E-state index in [2.05, 4.69) is 25.5 Å². The zero-order valence-corrected chi connectivity index (χ0v) is 13.8. The fourth-order valence-corrected chi connectivity index (χ4v) is 2.70. The van der Waals surface area contributed by atoms with Gasteiger partial charge in [0.15, 0.2) is 0 Å². The van der Waals surface area contributed by atoms with E-state index in [-0.39, 0.29) is 23.9 Å². The van der Waals surface area contributed by atoms with Crippen LogP contribution in [0.1, 0.15) is 25.7 Å². The van der Waals surface area contributed by atoms with E-state index in [1.54, 1.807) is 24.3 Å². The Hall–Kier alpha value is -3.23. The summed E-state index contributed by atoms with van der Waals surface area (Å²) in [6.07, 6.45) is 1.39. The van der Waals surface area contributed by atoms with Crippen LogP contribution in [0.4, 0.5) is 0 Å². The summed E-state index contributed by atoms with van der Waals surface area (Å²) in [5.41, 5.74) is -0.131. The van der Waals surface area contributed by atoms with Crippen molar-refractivity contribution >= 4 is 16.8 Å². The van der Waals surface area contributed by atoms with Gasteiger partial charge in [0.2, 0.25) is 5.91 Å². The average molecular weight is 342 g/mol. The van der Waals surface area contributed by atoms with Crippen molar-refractivity contribution in [2.75, 3.05) is 0 Å². The van der Waals surface area contributed by atoms with Gasteiger partial charge >= 0.3 is 5.69 Å². The normalized spacial score (nSPS) is 12.4. The molecule has 0 aliphatic carbocycles. The Morgan fingerprint density at radius 3 is 2.72 bits per heavy atom. The van der Waals surface area contributed by atoms with Crippen molar-refractivity contribution in [1.29, 1.82) is 0 Å². The quantitative estimate of drug-likeness (QED) is 0.616. The van der Waals surface area contributed by atoms with Gasteiger partial charge in [-0.1, -0.05) is 26.0 Å². The van der Waals surface area contributed by atoms with E-state index in [0.717, 1.165) is 0 Å². The summed E-state index contributed by atoms with van der Waals surface area (Å²) in [6.45, 7) is 3.75. The largest absolute Gasteiger partial charge is 0.347 e. The highest BCUT2D eigenvalue weighted by atomic mass is 16.2. The Kier molecular flexibility index (Phi) is 4.46. The number of carbonyl (C=O) groups excluding carboxylic acids is 1. The lowest BCUT2D eigenvalue weighted by Crippen LogP contribution is -2.40. The fraction of sp³-hybridized carbons (Fsp3) is 0.312. The maximum absolute atomic E-state index is 12.7. The van der Waals surface area contributed by atoms with Crippen LogP contribution < -0.4 is 16.6 Å². The number of carbonyl (C=O) groups is 1. The van der Waals surface area contributed by atoms with Gasteiger partial charge in [-0.25, -0.2) is 14.9 Å². The van der Waals surface area contributed by atoms with E-state index < -0.39 is 11.7 Å². The van der Waals surface area contributed by atoms with Gasteiger partial charge in [-0.15, -0.1) is 0 Å². The van der Waals surface area contributed by atoms with Gasteiger partial charge in [0, 0.05) is 0 Å². The molecule has 0 fully saturated rings. The molecular formula is C16H18N6O3. The van der Waals surface area contributed by atoms with E-state index >= 15 is 0 Å². The number of aromatic amines is 2. The molecule has 3 rings (SSSR count). The number of hydrogen-bond acceptors (Lipinski definition) is 5. The molecule has 0 saturated heterocycles. The number of para-hydroxylation sites is 1. The number of nitrogens with one attached hydrogen (secondary N) is 3. The van der Waals surface area contributed by atoms with Gasteiger partial charge < -0.3 is 5.32 Å². The van der Waals surface area contributed by atoms with E-state index in [9.17, 15) is 14.4 Å². The predicted octanol–water partition coefficient (Wildman–Crippen LogP) is 0.321. The molecule has 9 heteroatoms. The molecule has 130 valence electrons. The molecule has 25 heavy (non-hydrogen) atoms. The Bertz CT molecular complexity index is 1020. The number of amides is 1. The van der Waals surface area contributed by atoms with Crippen LogP contribution in [-0.2, 0) is 11.3 Å². The summed E-state index contributed by atoms with van der Waals surface area (Å²) >= 11 is 0. The van der Waals surface area contributed by atoms with Crippen molar-refractivity contribution < 1.29 is 4.79 Å². The number of fused-ring (bicyclic) bond motifs is 1. The SMILES string of the molecule is CC(C)C(C(=O)NCc1n[nH]c(=O)[nH]1)n1cnc2ccccc2c1=O. The Labute approximate surface area is 142 Å². The molecule has 1 unspecified atom stereocenters. The Morgan fingerprint density at radius 2 is 2.04 bits per heavy atom. The Morgan fingerprint density at radius 1 is 1.28 bits per heavy atom. The summed E-state index contributed by atoms with van der Waals surface area (Å²) in [4.78, 5) is 43.1. The molecule has 0 saturated carbocycles. The van der Waals surface area contributed by atoms with Crippen LogP contribution in [0, 0.1) is 5.92 Å². The van der Waals surface area contributed by atoms with Crippen molar-refractivity contribution in [3.05, 3.63) is 57.3 Å². The minimum atomic E-state index is -0.727. The highest BCUT2D eigenvalue weighted by Gasteiger charge is 2.26. The number of rotatable bonds is 5. The summed E-state index contributed by atoms with van der Waals surface area (Å²) < 4.78 is 1.34. The van der Waals surface area contributed by atoms with Crippen molar-refractivity contribution in [3.63, 3.8) is 0 Å². The minimum absolute atomic E-state index is 0.0521. The first-order chi connectivity index (χ1) is 12.0. The third kappa shape index (κ3) is 3.35. The molecule has 2 heterocycles. The zero-order valence-electron chi connectivity index (χ0n) is 13.8. The van der Waals surface area contributed by atoms with Crippen LogP contribution in [0.15, 0.2) is 40.2 Å². The van der Waals surface area contributed by atoms with Crippen LogP contribution in [0.3, 0.4) is 0 Å². The zero-order chi connectivity index (χ0) is 18.0. The highest BCUT2D eigenvalue weighted by molar-refractivity contribution is 5.81. The molecule has 1 atom stereocenters. The van der Waals surface area contributed by atoms with Gasteiger partial charge in [-0.05, 0) is 18.1 Å². The van der Waals surface area contributed by atoms with Gasteiger partial charge in [0.25, 0.3) is 5.56 Å². The maximum Gasteiger partial charge on any atom is 0.340 e. The molecule has 0 bridgehead atoms. The van der Waals surface area contributed by atoms with Crippen molar-refractivity contribution in [2.24, 2.45) is 5.92 Å². The van der Waals surface area contributed by atoms with Crippen LogP contribution in [0.5, 0.6) is 0 Å². The summed E-state index contributed by atoms with van der Waals surface area (Å²) in [5, 5.41) is 9.11. The first-order valence-electron chi connectivity index (χ1n) is 7.84. The second-order valence-electron chi connectivity index (χ2n) is 6.01. The molecule has 0 aliphatic rings. The van der Waals surface area contributed by atoms with E-state index in [1.807, 2.05) is 13.8 Å². The molecule has 1 aromatic carbocycles. The number of hydrogen-bond donors (Lipinski definition) is 3. The number of nitrogens with zero attached hydrogens (tertiary/aromatic N) is 3. The van der Waals surface area contributed by atoms with Crippen LogP contribution >= 0.6 is 0 Å². The highest BCUT2D eigenvalue weighted by Crippen LogP contribution is 2.17. The standard InChI is InChI=1S/C16H18N6O3/c1-9(2)13(14(23)17-7-12-19-16(25)21-20-12)22-8-18-11-6-4-3-5-10(11)15(22)24/h3-6,8-9,13H,7H2,1-2H3,(H,17,23)(H2,19,20,21,25). The summed E-state index contributed by atoms with van der Waals surface area (Å²) in [7, 11) is 0. The lowest BCUT2D eigenvalue weighted by atomic mass is 10.0. The first kappa shape index (κ1) is 16.6. The van der Waals surface area contributed by atoms with Gasteiger partial charge in [-0.3, -0.25) is 19.1 Å². The number of benzene rings is 1. The third-order valence-corrected chi connectivity index (χ3v) is 3.87. The molecule has 0 spiro atoms. The van der Waals surface area contributed by atoms with Crippen LogP contribution in [0.2, 0.25) is 0 Å². The Balaban J connectivity index is 1.90. The minimum Gasteiger partial charge on any atom is -0.347 e. The molecule has 1 amide bonds. The third-order valence-electron chi connectivity index (χ3n) is 3.87. The molecule has 0 radical (unpaired) electrons. The lowest BCUT2D eigenvalue weighted by molar-refractivity contribution is -0.125. The van der Waals surface area contributed by atoms with Crippen molar-refractivity contribution in [1.82, 2.24) is 30.0 Å². The van der Waals surface area contributed by atoms with E-state index in [0.29, 0.717) is 16.7 Å². The molecule has 9 nitrogen and oxygen atoms in total. The topological polar surface area (TPSA) is 126 Å². The molecule has 3 aromatic rings. The monoisotopic (exact) mass is 342 g/mol. The van der Waals surface area contributed by atoms with Gasteiger partial charge in [0.05, 0.1) is 23.8 Å². The number of H-pyrrole nitrogens is 2. The van der Waals surface area contributed by atoms with Gasteiger partial charge in [0.1, 0.15) is 11.9 Å². The molecular weight excluding hydrogens is 324 g/mol. The summed E-state index contributed by atoms with van der Waals surface area (Å²) in [5.74, 6) is -0.179. The lowest BCUT2D eigenvalue weighted by Gasteiger charge is -2.22. The predicted molar refractivity (Wildman–Crippen MR) is 90.9 cm³/mol. The second kappa shape index (κ2) is 6.71. The molecule has 2 aromatic heterocycles. The average Bonchev–Trinajstić information content (AvgIpc) is 3.01. The fourth-order valence-electron chi connectivity index (χ4n) is 2.70. The van der Waals surface area contributed by atoms with E-state index in [1.165, 1.54) is 10.9 Å². The van der Waals surface area contributed by atoms with Crippen molar-refractivity contribution in [2.45, 2.75) is 26.4 Å². The van der Waals surface area contributed by atoms with Crippen molar-refractivity contribution in [3.8, 4) is 0 Å². The summed E-state index contributed by atoms with van der Waals surface area (Å²) in [6, 6.07) is 6.27. The van der Waals surface area contributed by atoms with Gasteiger partial charge in [-0.2, -0.15) is 5.10 Å². The number of aromatic nitrogens is 5. The van der Waals surface area contributed by atoms with Crippen LogP contribution in [0.25, 0.3) is 10.9 Å². The molecule has 3 N–H and O–H groups in total. The molecule has 0 aliphatic heterocycles. The first-order valence-corrected chi connectivity index (χ1v) is 7.84. The maximum atomic E-state index is 12.7. The second-order valence-corrected chi connectivity index (χ2v) is 6.01. The van der Waals surface area contributed by atoms with E-state index in [4.69, 9.17) is 0 Å². The van der Waals surface area contributed by atoms with Crippen LogP contribution in [-0.4, -0.2) is 30.6 Å².